The van der Waals surface area contributed by atoms with Crippen LogP contribution in [0, 0.1) is 0 Å². The molecule has 0 radical (unpaired) electrons. The highest BCUT2D eigenvalue weighted by molar-refractivity contribution is 7.15. The maximum Gasteiger partial charge on any atom is 0.203 e. The van der Waals surface area contributed by atoms with E-state index in [-0.39, 0.29) is 0 Å². The smallest absolute Gasteiger partial charge is 0.203 e. The maximum atomic E-state index is 6.19. The highest BCUT2D eigenvalue weighted by Gasteiger charge is 2.15. The van der Waals surface area contributed by atoms with E-state index in [0.717, 1.165) is 39.0 Å². The zero-order valence-electron chi connectivity index (χ0n) is 16.1. The van der Waals surface area contributed by atoms with E-state index >= 15 is 0 Å². The molecule has 3 rings (SSSR count). The summed E-state index contributed by atoms with van der Waals surface area (Å²) >= 11 is 7.83. The van der Waals surface area contributed by atoms with E-state index in [4.69, 9.17) is 25.8 Å². The van der Waals surface area contributed by atoms with Crippen molar-refractivity contribution in [2.45, 2.75) is 13.0 Å². The van der Waals surface area contributed by atoms with E-state index in [0.29, 0.717) is 23.8 Å². The van der Waals surface area contributed by atoms with Crippen molar-refractivity contribution in [2.75, 3.05) is 27.9 Å². The van der Waals surface area contributed by atoms with Gasteiger partial charge < -0.3 is 19.5 Å². The number of hydrogen-bond acceptors (Lipinski definition) is 6. The number of nitrogens with zero attached hydrogens (tertiary/aromatic N) is 1. The molecule has 0 bridgehead atoms. The second-order valence-corrected chi connectivity index (χ2v) is 7.57. The van der Waals surface area contributed by atoms with E-state index in [2.05, 4.69) is 16.4 Å². The molecule has 0 aliphatic carbocycles. The highest BCUT2D eigenvalue weighted by Crippen LogP contribution is 2.42. The normalized spacial score (nSPS) is 10.7. The summed E-state index contributed by atoms with van der Waals surface area (Å²) in [6.07, 6.45) is 2.75. The second kappa shape index (κ2) is 9.78. The van der Waals surface area contributed by atoms with Gasteiger partial charge in [0.15, 0.2) is 11.5 Å². The Kier molecular flexibility index (Phi) is 7.14. The monoisotopic (exact) mass is 418 g/mol. The minimum atomic E-state index is 0.583. The molecule has 0 spiro atoms. The Morgan fingerprint density at radius 2 is 1.75 bits per heavy atom. The van der Waals surface area contributed by atoms with Gasteiger partial charge in [-0.25, -0.2) is 4.98 Å². The van der Waals surface area contributed by atoms with Crippen LogP contribution in [-0.2, 0) is 13.0 Å². The number of benzene rings is 2. The van der Waals surface area contributed by atoms with Crippen molar-refractivity contribution >= 4 is 22.9 Å². The van der Waals surface area contributed by atoms with Crippen LogP contribution in [0.25, 0.3) is 10.4 Å². The van der Waals surface area contributed by atoms with Crippen LogP contribution < -0.4 is 19.5 Å². The molecule has 7 heteroatoms. The third-order valence-electron chi connectivity index (χ3n) is 4.31. The minimum absolute atomic E-state index is 0.583. The first kappa shape index (κ1) is 20.5. The topological polar surface area (TPSA) is 52.6 Å². The summed E-state index contributed by atoms with van der Waals surface area (Å²) in [6, 6.07) is 11.8. The van der Waals surface area contributed by atoms with Gasteiger partial charge in [-0.05, 0) is 36.7 Å². The number of hydrogen-bond donors (Lipinski definition) is 1. The first-order chi connectivity index (χ1) is 13.7. The number of ether oxygens (including phenoxy) is 3. The Balaban J connectivity index is 1.64. The van der Waals surface area contributed by atoms with Gasteiger partial charge in [-0.1, -0.05) is 29.8 Å². The lowest BCUT2D eigenvalue weighted by atomic mass is 10.1. The summed E-state index contributed by atoms with van der Waals surface area (Å²) in [7, 11) is 4.82. The first-order valence-electron chi connectivity index (χ1n) is 8.85. The number of methoxy groups -OCH3 is 3. The molecule has 0 fully saturated rings. The summed E-state index contributed by atoms with van der Waals surface area (Å²) in [5.41, 5.74) is 2.13. The summed E-state index contributed by atoms with van der Waals surface area (Å²) in [6.45, 7) is 1.54. The van der Waals surface area contributed by atoms with E-state index in [1.54, 1.807) is 32.7 Å². The summed E-state index contributed by atoms with van der Waals surface area (Å²) in [4.78, 5) is 5.57. The number of rotatable bonds is 9. The Morgan fingerprint density at radius 1 is 1.04 bits per heavy atom. The molecule has 1 N–H and O–H groups in total. The fourth-order valence-electron chi connectivity index (χ4n) is 2.87. The SMILES string of the molecule is COc1cc(-c2cnc(CNCCc3ccccc3Cl)s2)cc(OC)c1OC. The number of halogens is 1. The van der Waals surface area contributed by atoms with Crippen LogP contribution >= 0.6 is 22.9 Å². The molecule has 0 saturated carbocycles. The molecule has 0 atom stereocenters. The number of aromatic nitrogens is 1. The molecular formula is C21H23ClN2O3S. The van der Waals surface area contributed by atoms with Gasteiger partial charge in [-0.15, -0.1) is 11.3 Å². The molecule has 0 aliphatic rings. The van der Waals surface area contributed by atoms with Crippen molar-refractivity contribution in [3.63, 3.8) is 0 Å². The van der Waals surface area contributed by atoms with E-state index in [1.807, 2.05) is 36.5 Å². The predicted octanol–water partition coefficient (Wildman–Crippen LogP) is 4.82. The van der Waals surface area contributed by atoms with Crippen LogP contribution in [0.5, 0.6) is 17.2 Å². The molecule has 3 aromatic rings. The van der Waals surface area contributed by atoms with Crippen molar-refractivity contribution in [3.8, 4) is 27.7 Å². The lowest BCUT2D eigenvalue weighted by Crippen LogP contribution is -2.16. The summed E-state index contributed by atoms with van der Waals surface area (Å²) < 4.78 is 16.3. The lowest BCUT2D eigenvalue weighted by Gasteiger charge is -2.13. The summed E-state index contributed by atoms with van der Waals surface area (Å²) in [5, 5.41) is 5.25. The molecule has 1 aromatic heterocycles. The maximum absolute atomic E-state index is 6.19. The Labute approximate surface area is 174 Å². The van der Waals surface area contributed by atoms with Crippen molar-refractivity contribution in [1.29, 1.82) is 0 Å². The molecule has 28 heavy (non-hydrogen) atoms. The molecular weight excluding hydrogens is 396 g/mol. The molecule has 1 heterocycles. The largest absolute Gasteiger partial charge is 0.493 e. The van der Waals surface area contributed by atoms with Gasteiger partial charge in [0.1, 0.15) is 5.01 Å². The van der Waals surface area contributed by atoms with E-state index in [1.165, 1.54) is 0 Å². The van der Waals surface area contributed by atoms with Gasteiger partial charge in [-0.3, -0.25) is 0 Å². The van der Waals surface area contributed by atoms with Crippen LogP contribution in [0.3, 0.4) is 0 Å². The fraction of sp³-hybridized carbons (Fsp3) is 0.286. The molecule has 5 nitrogen and oxygen atoms in total. The Bertz CT molecular complexity index is 905. The second-order valence-electron chi connectivity index (χ2n) is 6.05. The molecule has 148 valence electrons. The van der Waals surface area contributed by atoms with Gasteiger partial charge in [0, 0.05) is 23.3 Å². The third kappa shape index (κ3) is 4.76. The van der Waals surface area contributed by atoms with Crippen molar-refractivity contribution in [1.82, 2.24) is 10.3 Å². The first-order valence-corrected chi connectivity index (χ1v) is 10.0. The molecule has 2 aromatic carbocycles. The van der Waals surface area contributed by atoms with Gasteiger partial charge in [0.05, 0.1) is 26.2 Å². The van der Waals surface area contributed by atoms with Crippen molar-refractivity contribution < 1.29 is 14.2 Å². The Morgan fingerprint density at radius 3 is 2.39 bits per heavy atom. The van der Waals surface area contributed by atoms with Crippen molar-refractivity contribution in [3.05, 3.63) is 58.2 Å². The fourth-order valence-corrected chi connectivity index (χ4v) is 3.97. The summed E-state index contributed by atoms with van der Waals surface area (Å²) in [5.74, 6) is 1.84. The zero-order chi connectivity index (χ0) is 19.9. The number of thiazole rings is 1. The quantitative estimate of drug-likeness (QED) is 0.505. The van der Waals surface area contributed by atoms with E-state index < -0.39 is 0 Å². The average molecular weight is 419 g/mol. The van der Waals surface area contributed by atoms with Crippen LogP contribution in [0.4, 0.5) is 0 Å². The van der Waals surface area contributed by atoms with Crippen LogP contribution in [-0.4, -0.2) is 32.9 Å². The minimum Gasteiger partial charge on any atom is -0.493 e. The molecule has 0 saturated heterocycles. The standard InChI is InChI=1S/C21H23ClN2O3S/c1-25-17-10-15(11-18(26-2)21(17)27-3)19-12-24-20(28-19)13-23-9-8-14-6-4-5-7-16(14)22/h4-7,10-12,23H,8-9,13H2,1-3H3. The molecule has 0 unspecified atom stereocenters. The molecule has 0 aliphatic heterocycles. The average Bonchev–Trinajstić information content (AvgIpc) is 3.20. The predicted molar refractivity (Wildman–Crippen MR) is 114 cm³/mol. The Hall–Kier alpha value is -2.28. The van der Waals surface area contributed by atoms with Crippen LogP contribution in [0.2, 0.25) is 5.02 Å². The third-order valence-corrected chi connectivity index (χ3v) is 5.72. The van der Waals surface area contributed by atoms with Gasteiger partial charge in [0.25, 0.3) is 0 Å². The van der Waals surface area contributed by atoms with E-state index in [9.17, 15) is 0 Å². The highest BCUT2D eigenvalue weighted by atomic mass is 35.5. The van der Waals surface area contributed by atoms with Gasteiger partial charge in [-0.2, -0.15) is 0 Å². The lowest BCUT2D eigenvalue weighted by molar-refractivity contribution is 0.324. The van der Waals surface area contributed by atoms with Gasteiger partial charge >= 0.3 is 0 Å². The van der Waals surface area contributed by atoms with Gasteiger partial charge in [0.2, 0.25) is 5.75 Å². The zero-order valence-corrected chi connectivity index (χ0v) is 17.7. The van der Waals surface area contributed by atoms with Crippen molar-refractivity contribution in [2.24, 2.45) is 0 Å². The van der Waals surface area contributed by atoms with Crippen LogP contribution in [0.15, 0.2) is 42.6 Å². The number of nitrogens with one attached hydrogen (secondary N) is 1. The molecule has 0 amide bonds. The van der Waals surface area contributed by atoms with Crippen LogP contribution in [0.1, 0.15) is 10.6 Å².